The Kier molecular flexibility index (Phi) is 6.12. The van der Waals surface area contributed by atoms with Gasteiger partial charge in [-0.1, -0.05) is 0 Å². The van der Waals surface area contributed by atoms with Crippen LogP contribution in [0.15, 0.2) is 36.4 Å². The molecule has 0 N–H and O–H groups in total. The first-order chi connectivity index (χ1) is 13.7. The van der Waals surface area contributed by atoms with E-state index in [9.17, 15) is 18.0 Å². The summed E-state index contributed by atoms with van der Waals surface area (Å²) < 4.78 is 30.6. The number of hydrogen-bond donors (Lipinski definition) is 0. The zero-order chi connectivity index (χ0) is 21.2. The van der Waals surface area contributed by atoms with Crippen LogP contribution < -0.4 is 0 Å². The van der Waals surface area contributed by atoms with E-state index in [0.29, 0.717) is 18.5 Å². The summed E-state index contributed by atoms with van der Waals surface area (Å²) in [6.45, 7) is 5.78. The van der Waals surface area contributed by atoms with Crippen molar-refractivity contribution in [3.63, 3.8) is 0 Å². The van der Waals surface area contributed by atoms with E-state index in [1.165, 1.54) is 4.90 Å². The Morgan fingerprint density at radius 2 is 1.72 bits per heavy atom. The maximum atomic E-state index is 12.4. The van der Waals surface area contributed by atoms with Crippen LogP contribution in [-0.2, 0) is 19.4 Å². The van der Waals surface area contributed by atoms with Crippen molar-refractivity contribution in [2.45, 2.75) is 33.2 Å². The molecule has 0 radical (unpaired) electrons. The van der Waals surface area contributed by atoms with E-state index in [1.54, 1.807) is 19.1 Å². The summed E-state index contributed by atoms with van der Waals surface area (Å²) >= 11 is 0. The third-order valence-corrected chi connectivity index (χ3v) is 7.02. The molecule has 1 atom stereocenters. The number of nitrogens with zero attached hydrogens (tertiary/aromatic N) is 2. The number of aryl methyl sites for hydroxylation is 2. The summed E-state index contributed by atoms with van der Waals surface area (Å²) in [5, 5.41) is 0. The van der Waals surface area contributed by atoms with E-state index in [-0.39, 0.29) is 23.5 Å². The number of ether oxygens (including phenoxy) is 1. The first-order valence-electron chi connectivity index (χ1n) is 9.64. The third kappa shape index (κ3) is 4.70. The van der Waals surface area contributed by atoms with Crippen LogP contribution in [0.25, 0.3) is 5.69 Å². The van der Waals surface area contributed by atoms with Crippen LogP contribution in [0.5, 0.6) is 0 Å². The maximum absolute atomic E-state index is 12.4. The molecule has 1 aliphatic heterocycles. The molecule has 2 heterocycles. The third-order valence-electron chi connectivity index (χ3n) is 5.27. The molecule has 1 aromatic carbocycles. The second kappa shape index (κ2) is 8.41. The number of carbonyl (C=O) groups excluding carboxylic acids is 2. The van der Waals surface area contributed by atoms with Crippen LogP contribution in [0.3, 0.4) is 0 Å². The molecule has 1 saturated heterocycles. The first-order valence-corrected chi connectivity index (χ1v) is 11.5. The van der Waals surface area contributed by atoms with E-state index in [1.807, 2.05) is 38.1 Å². The topological polar surface area (TPSA) is 85.7 Å². The number of rotatable bonds is 6. The molecule has 2 aromatic rings. The van der Waals surface area contributed by atoms with Crippen molar-refractivity contribution < 1.29 is 22.7 Å². The number of likely N-dealkylation sites (N-methyl/N-ethyl adjacent to an activating group) is 1. The Bertz CT molecular complexity index is 989. The van der Waals surface area contributed by atoms with Crippen LogP contribution in [-0.4, -0.2) is 60.5 Å². The lowest BCUT2D eigenvalue weighted by Crippen LogP contribution is -2.43. The molecule has 3 rings (SSSR count). The quantitative estimate of drug-likeness (QED) is 0.672. The second-order valence-electron chi connectivity index (χ2n) is 7.31. The Morgan fingerprint density at radius 1 is 1.10 bits per heavy atom. The van der Waals surface area contributed by atoms with Gasteiger partial charge in [0.2, 0.25) is 0 Å². The van der Waals surface area contributed by atoms with Crippen LogP contribution >= 0.6 is 0 Å². The summed E-state index contributed by atoms with van der Waals surface area (Å²) in [5.74, 6) is -0.896. The highest BCUT2D eigenvalue weighted by molar-refractivity contribution is 7.91. The fraction of sp³-hybridized carbons (Fsp3) is 0.429. The van der Waals surface area contributed by atoms with Crippen LogP contribution in [0, 0.1) is 13.8 Å². The molecule has 1 amide bonds. The van der Waals surface area contributed by atoms with Crippen molar-refractivity contribution in [1.82, 2.24) is 9.47 Å². The van der Waals surface area contributed by atoms with Gasteiger partial charge in [0.25, 0.3) is 5.91 Å². The molecule has 1 aromatic heterocycles. The molecule has 7 nitrogen and oxygen atoms in total. The van der Waals surface area contributed by atoms with Crippen molar-refractivity contribution in [1.29, 1.82) is 0 Å². The Labute approximate surface area is 171 Å². The van der Waals surface area contributed by atoms with Gasteiger partial charge in [-0.3, -0.25) is 4.79 Å². The number of aromatic nitrogens is 1. The predicted molar refractivity (Wildman–Crippen MR) is 110 cm³/mol. The normalized spacial score (nSPS) is 17.8. The van der Waals surface area contributed by atoms with Gasteiger partial charge in [-0.25, -0.2) is 13.2 Å². The minimum atomic E-state index is -3.09. The molecule has 1 aliphatic rings. The molecule has 0 saturated carbocycles. The monoisotopic (exact) mass is 418 g/mol. The molecule has 0 aliphatic carbocycles. The highest BCUT2D eigenvalue weighted by Gasteiger charge is 2.34. The van der Waals surface area contributed by atoms with E-state index in [0.717, 1.165) is 17.1 Å². The lowest BCUT2D eigenvalue weighted by Gasteiger charge is -2.26. The van der Waals surface area contributed by atoms with Gasteiger partial charge in [-0.05, 0) is 63.6 Å². The van der Waals surface area contributed by atoms with Crippen LogP contribution in [0.2, 0.25) is 0 Å². The number of carbonyl (C=O) groups is 2. The van der Waals surface area contributed by atoms with E-state index in [2.05, 4.69) is 4.57 Å². The van der Waals surface area contributed by atoms with Gasteiger partial charge in [0.05, 0.1) is 17.1 Å². The zero-order valence-electron chi connectivity index (χ0n) is 16.9. The molecule has 0 bridgehead atoms. The molecule has 1 unspecified atom stereocenters. The highest BCUT2D eigenvalue weighted by Crippen LogP contribution is 2.19. The predicted octanol–water partition coefficient (Wildman–Crippen LogP) is 2.29. The molecular weight excluding hydrogens is 392 g/mol. The average molecular weight is 419 g/mol. The maximum Gasteiger partial charge on any atom is 0.338 e. The van der Waals surface area contributed by atoms with Gasteiger partial charge in [0, 0.05) is 29.7 Å². The lowest BCUT2D eigenvalue weighted by atomic mass is 10.2. The molecule has 29 heavy (non-hydrogen) atoms. The lowest BCUT2D eigenvalue weighted by molar-refractivity contribution is -0.136. The number of sulfone groups is 1. The Balaban J connectivity index is 1.61. The fourth-order valence-corrected chi connectivity index (χ4v) is 5.51. The van der Waals surface area contributed by atoms with Crippen molar-refractivity contribution in [2.24, 2.45) is 0 Å². The molecule has 0 spiro atoms. The SMILES string of the molecule is CCN(C(=O)COC(=O)c1ccc(-n2c(C)ccc2C)cc1)C1CCS(=O)(=O)C1. The molecule has 156 valence electrons. The first kappa shape index (κ1) is 21.1. The molecular formula is C21H26N2O5S. The van der Waals surface area contributed by atoms with Crippen molar-refractivity contribution in [2.75, 3.05) is 24.7 Å². The average Bonchev–Trinajstić information content (AvgIpc) is 3.21. The van der Waals surface area contributed by atoms with Crippen molar-refractivity contribution in [3.8, 4) is 5.69 Å². The second-order valence-corrected chi connectivity index (χ2v) is 9.54. The smallest absolute Gasteiger partial charge is 0.338 e. The Hall–Kier alpha value is -2.61. The summed E-state index contributed by atoms with van der Waals surface area (Å²) in [7, 11) is -3.09. The van der Waals surface area contributed by atoms with E-state index < -0.39 is 22.4 Å². The van der Waals surface area contributed by atoms with Crippen molar-refractivity contribution in [3.05, 3.63) is 53.3 Å². The van der Waals surface area contributed by atoms with Gasteiger partial charge < -0.3 is 14.2 Å². The summed E-state index contributed by atoms with van der Waals surface area (Å²) in [4.78, 5) is 26.2. The van der Waals surface area contributed by atoms with Gasteiger partial charge in [0.15, 0.2) is 16.4 Å². The highest BCUT2D eigenvalue weighted by atomic mass is 32.2. The number of esters is 1. The molecule has 1 fully saturated rings. The van der Waals surface area contributed by atoms with Crippen molar-refractivity contribution >= 4 is 21.7 Å². The van der Waals surface area contributed by atoms with Gasteiger partial charge >= 0.3 is 5.97 Å². The number of hydrogen-bond acceptors (Lipinski definition) is 5. The summed E-state index contributed by atoms with van der Waals surface area (Å²) in [6.07, 6.45) is 0.426. The van der Waals surface area contributed by atoms with Crippen LogP contribution in [0.4, 0.5) is 0 Å². The summed E-state index contributed by atoms with van der Waals surface area (Å²) in [6, 6.07) is 10.7. The van der Waals surface area contributed by atoms with E-state index in [4.69, 9.17) is 4.74 Å². The van der Waals surface area contributed by atoms with Gasteiger partial charge in [-0.15, -0.1) is 0 Å². The standard InChI is InChI=1S/C21H26N2O5S/c1-4-22(19-11-12-29(26,27)14-19)20(24)13-28-21(25)17-7-9-18(10-8-17)23-15(2)5-6-16(23)3/h5-10,19H,4,11-14H2,1-3H3. The number of amides is 1. The minimum absolute atomic E-state index is 0.0276. The van der Waals surface area contributed by atoms with Gasteiger partial charge in [-0.2, -0.15) is 0 Å². The fourth-order valence-electron chi connectivity index (χ4n) is 3.78. The zero-order valence-corrected chi connectivity index (χ0v) is 17.7. The van der Waals surface area contributed by atoms with Crippen LogP contribution in [0.1, 0.15) is 35.1 Å². The van der Waals surface area contributed by atoms with E-state index >= 15 is 0 Å². The Morgan fingerprint density at radius 3 is 2.24 bits per heavy atom. The number of benzene rings is 1. The summed E-state index contributed by atoms with van der Waals surface area (Å²) in [5.41, 5.74) is 3.49. The minimum Gasteiger partial charge on any atom is -0.452 e. The molecule has 8 heteroatoms. The van der Waals surface area contributed by atoms with Gasteiger partial charge in [0.1, 0.15) is 0 Å². The largest absolute Gasteiger partial charge is 0.452 e.